The van der Waals surface area contributed by atoms with Gasteiger partial charge in [0, 0.05) is 31.1 Å². The van der Waals surface area contributed by atoms with Crippen molar-refractivity contribution >= 4 is 17.5 Å². The summed E-state index contributed by atoms with van der Waals surface area (Å²) >= 11 is 0. The van der Waals surface area contributed by atoms with Crippen molar-refractivity contribution in [2.24, 2.45) is 0 Å². The van der Waals surface area contributed by atoms with E-state index < -0.39 is 0 Å². The Hall–Kier alpha value is -2.63. The fourth-order valence-corrected chi connectivity index (χ4v) is 2.58. The molecular weight excluding hydrogens is 292 g/mol. The number of amides is 1. The van der Waals surface area contributed by atoms with E-state index in [0.29, 0.717) is 23.7 Å². The number of nitrogens with zero attached hydrogens (tertiary/aromatic N) is 3. The third-order valence-corrected chi connectivity index (χ3v) is 3.92. The van der Waals surface area contributed by atoms with Crippen molar-refractivity contribution in [1.82, 2.24) is 9.97 Å². The number of fused-ring (bicyclic) bond motifs is 1. The first kappa shape index (κ1) is 15.3. The highest BCUT2D eigenvalue weighted by Gasteiger charge is 2.34. The highest BCUT2D eigenvalue weighted by atomic mass is 16.5. The number of benzene rings is 1. The molecular formula is C17H20N4O2. The van der Waals surface area contributed by atoms with E-state index in [1.54, 1.807) is 12.1 Å². The second-order valence-electron chi connectivity index (χ2n) is 6.46. The van der Waals surface area contributed by atoms with Crippen molar-refractivity contribution < 1.29 is 9.53 Å². The molecule has 0 fully saturated rings. The number of hydrogen-bond acceptors (Lipinski definition) is 5. The lowest BCUT2D eigenvalue weighted by atomic mass is 9.86. The average molecular weight is 312 g/mol. The topological polar surface area (TPSA) is 67.4 Å². The third kappa shape index (κ3) is 2.84. The van der Waals surface area contributed by atoms with Crippen LogP contribution in [0.15, 0.2) is 30.6 Å². The van der Waals surface area contributed by atoms with Gasteiger partial charge in [0.05, 0.1) is 12.2 Å². The van der Waals surface area contributed by atoms with Gasteiger partial charge in [-0.1, -0.05) is 26.0 Å². The van der Waals surface area contributed by atoms with Gasteiger partial charge in [0.1, 0.15) is 23.7 Å². The first-order valence-corrected chi connectivity index (χ1v) is 7.45. The van der Waals surface area contributed by atoms with Crippen molar-refractivity contribution in [2.75, 3.05) is 30.9 Å². The van der Waals surface area contributed by atoms with Gasteiger partial charge >= 0.3 is 0 Å². The molecule has 1 aliphatic heterocycles. The Bertz CT molecular complexity index is 756. The Morgan fingerprint density at radius 1 is 1.30 bits per heavy atom. The molecule has 1 amide bonds. The summed E-state index contributed by atoms with van der Waals surface area (Å²) in [6, 6.07) is 7.39. The molecule has 120 valence electrons. The number of nitrogens with one attached hydrogen (secondary N) is 1. The smallest absolute Gasteiger partial charge is 0.260 e. The quantitative estimate of drug-likeness (QED) is 0.943. The Labute approximate surface area is 135 Å². The summed E-state index contributed by atoms with van der Waals surface area (Å²) < 4.78 is 5.76. The number of carbonyl (C=O) groups is 1. The zero-order chi connectivity index (χ0) is 16.6. The van der Waals surface area contributed by atoms with Gasteiger partial charge in [-0.2, -0.15) is 0 Å². The molecule has 0 saturated heterocycles. The first-order chi connectivity index (χ1) is 10.9. The molecule has 0 saturated carbocycles. The summed E-state index contributed by atoms with van der Waals surface area (Å²) in [6.07, 6.45) is 1.43. The molecule has 0 aliphatic carbocycles. The molecule has 6 heteroatoms. The summed E-state index contributed by atoms with van der Waals surface area (Å²) in [6.45, 7) is 4.79. The second-order valence-corrected chi connectivity index (χ2v) is 6.46. The largest absolute Gasteiger partial charge is 0.492 e. The van der Waals surface area contributed by atoms with E-state index in [4.69, 9.17) is 4.74 Å². The van der Waals surface area contributed by atoms with Gasteiger partial charge in [-0.15, -0.1) is 0 Å². The standard InChI is InChI=1S/C17H20N4O2/c1-17(2)9-23-15-11(6-5-7-12(15)17)16(22)20-13-8-14(21(3)4)19-10-18-13/h5-8,10H,9H2,1-4H3,(H,18,19,20,22). The number of ether oxygens (including phenoxy) is 1. The summed E-state index contributed by atoms with van der Waals surface area (Å²) in [5.41, 5.74) is 1.50. The van der Waals surface area contributed by atoms with Gasteiger partial charge in [-0.05, 0) is 6.07 Å². The van der Waals surface area contributed by atoms with Crippen LogP contribution in [0, 0.1) is 0 Å². The van der Waals surface area contributed by atoms with Crippen molar-refractivity contribution in [2.45, 2.75) is 19.3 Å². The van der Waals surface area contributed by atoms with Crippen molar-refractivity contribution in [1.29, 1.82) is 0 Å². The highest BCUT2D eigenvalue weighted by molar-refractivity contribution is 6.06. The van der Waals surface area contributed by atoms with Crippen LogP contribution >= 0.6 is 0 Å². The monoisotopic (exact) mass is 312 g/mol. The number of aromatic nitrogens is 2. The van der Waals surface area contributed by atoms with Crippen LogP contribution in [0.3, 0.4) is 0 Å². The Morgan fingerprint density at radius 2 is 2.09 bits per heavy atom. The molecule has 1 aromatic heterocycles. The minimum absolute atomic E-state index is 0.0847. The van der Waals surface area contributed by atoms with Crippen LogP contribution in [0.1, 0.15) is 29.8 Å². The third-order valence-electron chi connectivity index (χ3n) is 3.92. The van der Waals surface area contributed by atoms with Crippen molar-refractivity contribution in [3.05, 3.63) is 41.7 Å². The van der Waals surface area contributed by atoms with Crippen LogP contribution < -0.4 is 15.0 Å². The van der Waals surface area contributed by atoms with Gasteiger partial charge in [0.2, 0.25) is 0 Å². The molecule has 2 heterocycles. The summed E-state index contributed by atoms with van der Waals surface area (Å²) in [7, 11) is 3.77. The van der Waals surface area contributed by atoms with E-state index in [1.165, 1.54) is 6.33 Å². The Morgan fingerprint density at radius 3 is 2.83 bits per heavy atom. The predicted octanol–water partition coefficient (Wildman–Crippen LogP) is 2.46. The molecule has 23 heavy (non-hydrogen) atoms. The maximum Gasteiger partial charge on any atom is 0.260 e. The number of hydrogen-bond donors (Lipinski definition) is 1. The highest BCUT2D eigenvalue weighted by Crippen LogP contribution is 2.40. The minimum Gasteiger partial charge on any atom is -0.492 e. The molecule has 1 aliphatic rings. The molecule has 0 spiro atoms. The zero-order valence-corrected chi connectivity index (χ0v) is 13.8. The van der Waals surface area contributed by atoms with Crippen LogP contribution in [-0.4, -0.2) is 36.6 Å². The van der Waals surface area contributed by atoms with E-state index in [2.05, 4.69) is 29.1 Å². The van der Waals surface area contributed by atoms with Crippen LogP contribution in [0.5, 0.6) is 5.75 Å². The number of anilines is 2. The van der Waals surface area contributed by atoms with E-state index in [-0.39, 0.29) is 11.3 Å². The zero-order valence-electron chi connectivity index (χ0n) is 13.8. The lowest BCUT2D eigenvalue weighted by molar-refractivity contribution is 0.102. The fraction of sp³-hybridized carbons (Fsp3) is 0.353. The molecule has 0 unspecified atom stereocenters. The maximum absolute atomic E-state index is 12.6. The summed E-state index contributed by atoms with van der Waals surface area (Å²) in [5.74, 6) is 1.62. The van der Waals surface area contributed by atoms with E-state index in [1.807, 2.05) is 31.1 Å². The fourth-order valence-electron chi connectivity index (χ4n) is 2.58. The normalized spacial score (nSPS) is 14.8. The molecule has 1 N–H and O–H groups in total. The van der Waals surface area contributed by atoms with Crippen molar-refractivity contribution in [3.8, 4) is 5.75 Å². The Balaban J connectivity index is 1.88. The number of para-hydroxylation sites is 1. The molecule has 6 nitrogen and oxygen atoms in total. The molecule has 0 atom stereocenters. The van der Waals surface area contributed by atoms with Gasteiger partial charge < -0.3 is 15.0 Å². The van der Waals surface area contributed by atoms with Gasteiger partial charge in [-0.3, -0.25) is 4.79 Å². The van der Waals surface area contributed by atoms with Gasteiger partial charge in [-0.25, -0.2) is 9.97 Å². The van der Waals surface area contributed by atoms with Gasteiger partial charge in [0.25, 0.3) is 5.91 Å². The lowest BCUT2D eigenvalue weighted by Gasteiger charge is -2.15. The number of carbonyl (C=O) groups excluding carboxylic acids is 1. The van der Waals surface area contributed by atoms with Crippen LogP contribution in [0.4, 0.5) is 11.6 Å². The van der Waals surface area contributed by atoms with E-state index >= 15 is 0 Å². The summed E-state index contributed by atoms with van der Waals surface area (Å²) in [5, 5.41) is 2.81. The molecule has 1 aromatic carbocycles. The Kier molecular flexibility index (Phi) is 3.67. The minimum atomic E-state index is -0.233. The second kappa shape index (κ2) is 5.53. The summed E-state index contributed by atoms with van der Waals surface area (Å²) in [4.78, 5) is 22.7. The van der Waals surface area contributed by atoms with Gasteiger partial charge in [0.15, 0.2) is 0 Å². The molecule has 0 radical (unpaired) electrons. The van der Waals surface area contributed by atoms with Crippen LogP contribution in [0.25, 0.3) is 0 Å². The SMILES string of the molecule is CN(C)c1cc(NC(=O)c2cccc3c2OCC3(C)C)ncn1. The van der Waals surface area contributed by atoms with Crippen molar-refractivity contribution in [3.63, 3.8) is 0 Å². The average Bonchev–Trinajstić information content (AvgIpc) is 2.83. The molecule has 3 rings (SSSR count). The predicted molar refractivity (Wildman–Crippen MR) is 89.3 cm³/mol. The van der Waals surface area contributed by atoms with E-state index in [9.17, 15) is 4.79 Å². The molecule has 0 bridgehead atoms. The van der Waals surface area contributed by atoms with E-state index in [0.717, 1.165) is 11.4 Å². The number of rotatable bonds is 3. The maximum atomic E-state index is 12.6. The van der Waals surface area contributed by atoms with Crippen LogP contribution in [0.2, 0.25) is 0 Å². The van der Waals surface area contributed by atoms with Crippen LogP contribution in [-0.2, 0) is 5.41 Å². The first-order valence-electron chi connectivity index (χ1n) is 7.45. The molecule has 2 aromatic rings. The lowest BCUT2D eigenvalue weighted by Crippen LogP contribution is -2.18.